The lowest BCUT2D eigenvalue weighted by molar-refractivity contribution is -0.139. The van der Waals surface area contributed by atoms with Gasteiger partial charge in [0.2, 0.25) is 0 Å². The average Bonchev–Trinajstić information content (AvgIpc) is 2.89. The summed E-state index contributed by atoms with van der Waals surface area (Å²) in [4.78, 5) is 31.1. The maximum Gasteiger partial charge on any atom is 0.295 e. The lowest BCUT2D eigenvalue weighted by Crippen LogP contribution is -2.30. The molecule has 1 amide bonds. The van der Waals surface area contributed by atoms with Crippen molar-refractivity contribution in [3.8, 4) is 0 Å². The Balaban J connectivity index is 2.19. The van der Waals surface area contributed by atoms with Crippen LogP contribution in [0.3, 0.4) is 0 Å². The molecular formula is C21H22N2O3. The van der Waals surface area contributed by atoms with Gasteiger partial charge in [-0.2, -0.15) is 0 Å². The molecule has 1 aliphatic heterocycles. The van der Waals surface area contributed by atoms with Gasteiger partial charge in [-0.15, -0.1) is 0 Å². The maximum absolute atomic E-state index is 12.7. The van der Waals surface area contributed by atoms with Gasteiger partial charge in [-0.1, -0.05) is 25.1 Å². The number of carbonyl (C=O) groups is 2. The Bertz CT molecular complexity index is 887. The molecule has 1 aliphatic rings. The molecule has 5 heteroatoms. The van der Waals surface area contributed by atoms with E-state index in [-0.39, 0.29) is 11.3 Å². The molecule has 0 aliphatic carbocycles. The highest BCUT2D eigenvalue weighted by Crippen LogP contribution is 2.38. The molecule has 0 saturated carbocycles. The van der Waals surface area contributed by atoms with Crippen LogP contribution in [0.1, 0.15) is 41.8 Å². The van der Waals surface area contributed by atoms with Crippen LogP contribution >= 0.6 is 0 Å². The molecule has 1 saturated heterocycles. The standard InChI is InChI=1S/C21H22N2O3/c1-4-11-23-18(16-7-5-6-10-22-16)17(20(25)21(23)26)19(24)15-9-8-13(2)14(3)12-15/h5-10,12,18,24H,4,11H2,1-3H3/b19-17-. The number of aliphatic hydroxyl groups is 1. The van der Waals surface area contributed by atoms with Gasteiger partial charge in [0.15, 0.2) is 0 Å². The van der Waals surface area contributed by atoms with Crippen LogP contribution in [0.5, 0.6) is 0 Å². The van der Waals surface area contributed by atoms with Crippen molar-refractivity contribution in [1.82, 2.24) is 9.88 Å². The number of aromatic nitrogens is 1. The number of pyridine rings is 1. The summed E-state index contributed by atoms with van der Waals surface area (Å²) in [5, 5.41) is 10.9. The fraction of sp³-hybridized carbons (Fsp3) is 0.286. The monoisotopic (exact) mass is 350 g/mol. The van der Waals surface area contributed by atoms with Gasteiger partial charge in [-0.25, -0.2) is 0 Å². The average molecular weight is 350 g/mol. The van der Waals surface area contributed by atoms with Gasteiger partial charge in [0.25, 0.3) is 11.7 Å². The third-order valence-corrected chi connectivity index (χ3v) is 4.75. The zero-order chi connectivity index (χ0) is 18.8. The number of amides is 1. The predicted octanol–water partition coefficient (Wildman–Crippen LogP) is 3.53. The van der Waals surface area contributed by atoms with Crippen LogP contribution < -0.4 is 0 Å². The van der Waals surface area contributed by atoms with Gasteiger partial charge >= 0.3 is 0 Å². The highest BCUT2D eigenvalue weighted by atomic mass is 16.3. The lowest BCUT2D eigenvalue weighted by atomic mass is 9.96. The number of nitrogens with zero attached hydrogens (tertiary/aromatic N) is 2. The van der Waals surface area contributed by atoms with Gasteiger partial charge < -0.3 is 10.0 Å². The van der Waals surface area contributed by atoms with Gasteiger partial charge in [-0.05, 0) is 49.6 Å². The first kappa shape index (κ1) is 17.9. The zero-order valence-corrected chi connectivity index (χ0v) is 15.2. The Kier molecular flexibility index (Phi) is 4.89. The second-order valence-corrected chi connectivity index (χ2v) is 6.55. The SMILES string of the molecule is CCCN1C(=O)C(=O)/C(=C(\O)c2ccc(C)c(C)c2)C1c1ccccn1. The van der Waals surface area contributed by atoms with E-state index in [9.17, 15) is 14.7 Å². The zero-order valence-electron chi connectivity index (χ0n) is 15.2. The molecule has 1 unspecified atom stereocenters. The minimum Gasteiger partial charge on any atom is -0.507 e. The first-order chi connectivity index (χ1) is 12.5. The molecule has 1 fully saturated rings. The first-order valence-corrected chi connectivity index (χ1v) is 8.72. The fourth-order valence-corrected chi connectivity index (χ4v) is 3.24. The van der Waals surface area contributed by atoms with Crippen LogP contribution in [0.2, 0.25) is 0 Å². The number of likely N-dealkylation sites (tertiary alicyclic amines) is 1. The number of hydrogen-bond acceptors (Lipinski definition) is 4. The number of carbonyl (C=O) groups excluding carboxylic acids is 2. The summed E-state index contributed by atoms with van der Waals surface area (Å²) in [5.74, 6) is -1.40. The summed E-state index contributed by atoms with van der Waals surface area (Å²) in [6, 6.07) is 10.2. The molecular weight excluding hydrogens is 328 g/mol. The van der Waals surface area contributed by atoms with Crippen molar-refractivity contribution < 1.29 is 14.7 Å². The molecule has 5 nitrogen and oxygen atoms in total. The van der Waals surface area contributed by atoms with E-state index >= 15 is 0 Å². The summed E-state index contributed by atoms with van der Waals surface area (Å²) >= 11 is 0. The topological polar surface area (TPSA) is 70.5 Å². The maximum atomic E-state index is 12.7. The molecule has 26 heavy (non-hydrogen) atoms. The molecule has 1 atom stereocenters. The molecule has 134 valence electrons. The van der Waals surface area contributed by atoms with Crippen LogP contribution in [0, 0.1) is 13.8 Å². The van der Waals surface area contributed by atoms with Crippen molar-refractivity contribution >= 4 is 17.4 Å². The molecule has 0 radical (unpaired) electrons. The van der Waals surface area contributed by atoms with Crippen molar-refractivity contribution in [2.45, 2.75) is 33.2 Å². The van der Waals surface area contributed by atoms with E-state index in [0.717, 1.165) is 11.1 Å². The van der Waals surface area contributed by atoms with Crippen LogP contribution in [0.25, 0.3) is 5.76 Å². The van der Waals surface area contributed by atoms with Crippen molar-refractivity contribution in [3.63, 3.8) is 0 Å². The number of hydrogen-bond donors (Lipinski definition) is 1. The van der Waals surface area contributed by atoms with E-state index in [0.29, 0.717) is 24.2 Å². The van der Waals surface area contributed by atoms with Crippen LogP contribution in [0.15, 0.2) is 48.2 Å². The summed E-state index contributed by atoms with van der Waals surface area (Å²) < 4.78 is 0. The van der Waals surface area contributed by atoms with E-state index in [2.05, 4.69) is 4.98 Å². The molecule has 1 N–H and O–H groups in total. The normalized spacial score (nSPS) is 19.2. The van der Waals surface area contributed by atoms with E-state index in [1.54, 1.807) is 24.4 Å². The Morgan fingerprint density at radius 1 is 1.15 bits per heavy atom. The number of Topliss-reactive ketones (excluding diaryl/α,β-unsaturated/α-hetero) is 1. The Morgan fingerprint density at radius 2 is 1.92 bits per heavy atom. The molecule has 2 heterocycles. The molecule has 3 rings (SSSR count). The van der Waals surface area contributed by atoms with Crippen LogP contribution in [-0.4, -0.2) is 33.2 Å². The Labute approximate surface area is 153 Å². The summed E-state index contributed by atoms with van der Waals surface area (Å²) in [5.41, 5.74) is 3.31. The van der Waals surface area contributed by atoms with E-state index < -0.39 is 17.7 Å². The number of aryl methyl sites for hydroxylation is 2. The van der Waals surface area contributed by atoms with Gasteiger partial charge in [-0.3, -0.25) is 14.6 Å². The Morgan fingerprint density at radius 3 is 2.54 bits per heavy atom. The molecule has 0 spiro atoms. The molecule has 0 bridgehead atoms. The van der Waals surface area contributed by atoms with E-state index in [1.807, 2.05) is 39.0 Å². The van der Waals surface area contributed by atoms with Crippen molar-refractivity contribution in [1.29, 1.82) is 0 Å². The first-order valence-electron chi connectivity index (χ1n) is 8.72. The number of ketones is 1. The van der Waals surface area contributed by atoms with Crippen LogP contribution in [-0.2, 0) is 9.59 Å². The lowest BCUT2D eigenvalue weighted by Gasteiger charge is -2.23. The highest BCUT2D eigenvalue weighted by Gasteiger charge is 2.46. The number of aliphatic hydroxyl groups excluding tert-OH is 1. The van der Waals surface area contributed by atoms with Gasteiger partial charge in [0.05, 0.1) is 11.3 Å². The number of benzene rings is 1. The third kappa shape index (κ3) is 3.01. The quantitative estimate of drug-likeness (QED) is 0.520. The second kappa shape index (κ2) is 7.12. The van der Waals surface area contributed by atoms with Gasteiger partial charge in [0.1, 0.15) is 11.8 Å². The summed E-state index contributed by atoms with van der Waals surface area (Å²) in [6.45, 7) is 6.29. The third-order valence-electron chi connectivity index (χ3n) is 4.75. The molecule has 1 aromatic heterocycles. The minimum absolute atomic E-state index is 0.102. The van der Waals surface area contributed by atoms with Gasteiger partial charge in [0, 0.05) is 18.3 Å². The van der Waals surface area contributed by atoms with E-state index in [4.69, 9.17) is 0 Å². The second-order valence-electron chi connectivity index (χ2n) is 6.55. The Hall–Kier alpha value is -2.95. The van der Waals surface area contributed by atoms with E-state index in [1.165, 1.54) is 4.90 Å². The fourth-order valence-electron chi connectivity index (χ4n) is 3.24. The summed E-state index contributed by atoms with van der Waals surface area (Å²) in [7, 11) is 0. The number of rotatable bonds is 4. The highest BCUT2D eigenvalue weighted by molar-refractivity contribution is 6.46. The molecule has 2 aromatic rings. The summed E-state index contributed by atoms with van der Waals surface area (Å²) in [6.07, 6.45) is 2.33. The largest absolute Gasteiger partial charge is 0.507 e. The molecule has 1 aromatic carbocycles. The van der Waals surface area contributed by atoms with Crippen molar-refractivity contribution in [3.05, 3.63) is 70.6 Å². The van der Waals surface area contributed by atoms with Crippen LogP contribution in [0.4, 0.5) is 0 Å². The minimum atomic E-state index is -0.669. The van der Waals surface area contributed by atoms with Crippen molar-refractivity contribution in [2.75, 3.05) is 6.54 Å². The smallest absolute Gasteiger partial charge is 0.295 e. The van der Waals surface area contributed by atoms with Crippen molar-refractivity contribution in [2.24, 2.45) is 0 Å². The predicted molar refractivity (Wildman–Crippen MR) is 99.5 cm³/mol.